The van der Waals surface area contributed by atoms with Crippen LogP contribution in [0.5, 0.6) is 0 Å². The lowest BCUT2D eigenvalue weighted by atomic mass is 10.0. The highest BCUT2D eigenvalue weighted by molar-refractivity contribution is 5.92. The van der Waals surface area contributed by atoms with Gasteiger partial charge in [0.1, 0.15) is 5.84 Å². The summed E-state index contributed by atoms with van der Waals surface area (Å²) >= 11 is 0. The van der Waals surface area contributed by atoms with E-state index in [1.807, 2.05) is 0 Å². The zero-order chi connectivity index (χ0) is 13.7. The maximum absolute atomic E-state index is 12.7. The third-order valence-corrected chi connectivity index (χ3v) is 2.45. The number of nitrogens with two attached hydrogens (primary N) is 1. The van der Waals surface area contributed by atoms with E-state index >= 15 is 0 Å². The number of alkyl halides is 6. The number of rotatable bonds is 0. The van der Waals surface area contributed by atoms with E-state index < -0.39 is 29.2 Å². The minimum Gasteiger partial charge on any atom is -0.387 e. The van der Waals surface area contributed by atoms with Crippen molar-refractivity contribution in [2.75, 3.05) is 0 Å². The minimum absolute atomic E-state index is 0.0565. The van der Waals surface area contributed by atoms with Crippen molar-refractivity contribution in [2.24, 2.45) is 10.7 Å². The van der Waals surface area contributed by atoms with Crippen molar-refractivity contribution in [3.05, 3.63) is 28.8 Å². The van der Waals surface area contributed by atoms with Gasteiger partial charge in [-0.15, -0.1) is 0 Å². The molecule has 98 valence electrons. The molecule has 0 amide bonds. The Hall–Kier alpha value is -1.73. The van der Waals surface area contributed by atoms with Gasteiger partial charge in [0.15, 0.2) is 0 Å². The Bertz CT molecular complexity index is 526. The van der Waals surface area contributed by atoms with Crippen molar-refractivity contribution in [2.45, 2.75) is 18.8 Å². The molecule has 0 saturated heterocycles. The summed E-state index contributed by atoms with van der Waals surface area (Å²) in [6, 6.07) is 0.703. The monoisotopic (exact) mass is 268 g/mol. The third kappa shape index (κ3) is 2.14. The number of amidine groups is 1. The first-order valence-corrected chi connectivity index (χ1v) is 4.73. The summed E-state index contributed by atoms with van der Waals surface area (Å²) in [4.78, 5) is 3.45. The molecule has 1 aromatic carbocycles. The van der Waals surface area contributed by atoms with Crippen LogP contribution in [0.25, 0.3) is 0 Å². The van der Waals surface area contributed by atoms with Crippen molar-refractivity contribution < 1.29 is 26.3 Å². The molecule has 0 aliphatic carbocycles. The molecule has 1 aromatic rings. The maximum atomic E-state index is 12.7. The zero-order valence-electron chi connectivity index (χ0n) is 8.65. The molecule has 0 atom stereocenters. The molecule has 0 saturated carbocycles. The Balaban J connectivity index is 2.67. The minimum atomic E-state index is -4.90. The topological polar surface area (TPSA) is 38.4 Å². The van der Waals surface area contributed by atoms with E-state index in [1.165, 1.54) is 0 Å². The molecule has 1 heterocycles. The number of benzene rings is 1. The molecule has 1 aliphatic rings. The molecule has 0 unspecified atom stereocenters. The molecule has 2 N–H and O–H groups in total. The summed E-state index contributed by atoms with van der Waals surface area (Å²) in [5.41, 5.74) is 1.82. The second-order valence-corrected chi connectivity index (χ2v) is 3.81. The number of hydrogen-bond acceptors (Lipinski definition) is 2. The van der Waals surface area contributed by atoms with Crippen LogP contribution in [0.3, 0.4) is 0 Å². The summed E-state index contributed by atoms with van der Waals surface area (Å²) in [5.74, 6) is -0.130. The first-order chi connectivity index (χ1) is 8.09. The third-order valence-electron chi connectivity index (χ3n) is 2.45. The SMILES string of the molecule is NC1=Nc2c(cc(C(F)(F)F)cc2C(F)(F)F)C1. The van der Waals surface area contributed by atoms with Crippen molar-refractivity contribution in [3.8, 4) is 0 Å². The predicted molar refractivity (Wildman–Crippen MR) is 51.4 cm³/mol. The van der Waals surface area contributed by atoms with Gasteiger partial charge in [-0.3, -0.25) is 0 Å². The van der Waals surface area contributed by atoms with Crippen molar-refractivity contribution >= 4 is 11.5 Å². The standard InChI is InChI=1S/C10H6F6N2/c11-9(12,13)5-1-4-2-7(17)18-8(4)6(3-5)10(14,15)16/h1,3H,2H2,(H2,17,18). The number of hydrogen-bond donors (Lipinski definition) is 1. The maximum Gasteiger partial charge on any atom is 0.418 e. The van der Waals surface area contributed by atoms with Gasteiger partial charge >= 0.3 is 12.4 Å². The summed E-state index contributed by atoms with van der Waals surface area (Å²) in [7, 11) is 0. The molecule has 0 radical (unpaired) electrons. The van der Waals surface area contributed by atoms with Crippen LogP contribution < -0.4 is 5.73 Å². The quantitative estimate of drug-likeness (QED) is 0.720. The molecule has 0 spiro atoms. The van der Waals surface area contributed by atoms with Crippen LogP contribution in [-0.4, -0.2) is 5.84 Å². The fraction of sp³-hybridized carbons (Fsp3) is 0.300. The fourth-order valence-corrected chi connectivity index (χ4v) is 1.72. The Labute approximate surface area is 97.1 Å². The van der Waals surface area contributed by atoms with E-state index in [2.05, 4.69) is 4.99 Å². The van der Waals surface area contributed by atoms with Gasteiger partial charge in [-0.25, -0.2) is 4.99 Å². The Kier molecular flexibility index (Phi) is 2.56. The Morgan fingerprint density at radius 3 is 2.11 bits per heavy atom. The summed E-state index contributed by atoms with van der Waals surface area (Å²) in [5, 5.41) is 0. The van der Waals surface area contributed by atoms with E-state index in [0.717, 1.165) is 0 Å². The molecule has 18 heavy (non-hydrogen) atoms. The van der Waals surface area contributed by atoms with Gasteiger partial charge in [-0.1, -0.05) is 0 Å². The molecule has 2 rings (SSSR count). The number of fused-ring (bicyclic) bond motifs is 1. The largest absolute Gasteiger partial charge is 0.418 e. The molecule has 0 aromatic heterocycles. The smallest absolute Gasteiger partial charge is 0.387 e. The van der Waals surface area contributed by atoms with E-state index in [0.29, 0.717) is 6.07 Å². The van der Waals surface area contributed by atoms with Gasteiger partial charge in [-0.05, 0) is 17.7 Å². The van der Waals surface area contributed by atoms with Gasteiger partial charge in [0.25, 0.3) is 0 Å². The van der Waals surface area contributed by atoms with Gasteiger partial charge < -0.3 is 5.73 Å². The van der Waals surface area contributed by atoms with Crippen LogP contribution >= 0.6 is 0 Å². The highest BCUT2D eigenvalue weighted by atomic mass is 19.4. The molecular weight excluding hydrogens is 262 g/mol. The van der Waals surface area contributed by atoms with Crippen LogP contribution in [0.1, 0.15) is 16.7 Å². The molecule has 1 aliphatic heterocycles. The second-order valence-electron chi connectivity index (χ2n) is 3.81. The Morgan fingerprint density at radius 2 is 1.61 bits per heavy atom. The summed E-state index contributed by atoms with van der Waals surface area (Å²) in [6.45, 7) is 0. The van der Waals surface area contributed by atoms with Gasteiger partial charge in [0.05, 0.1) is 16.8 Å². The number of aliphatic imine (C=N–C) groups is 1. The highest BCUT2D eigenvalue weighted by Gasteiger charge is 2.40. The van der Waals surface area contributed by atoms with Gasteiger partial charge in [-0.2, -0.15) is 26.3 Å². The van der Waals surface area contributed by atoms with Gasteiger partial charge in [0, 0.05) is 6.42 Å². The number of halogens is 6. The van der Waals surface area contributed by atoms with E-state index in [9.17, 15) is 26.3 Å². The molecule has 0 fully saturated rings. The lowest BCUT2D eigenvalue weighted by Gasteiger charge is -2.14. The first kappa shape index (κ1) is 12.7. The van der Waals surface area contributed by atoms with Crippen molar-refractivity contribution in [3.63, 3.8) is 0 Å². The van der Waals surface area contributed by atoms with Crippen LogP contribution in [0, 0.1) is 0 Å². The molecule has 8 heteroatoms. The molecular formula is C10H6F6N2. The van der Waals surface area contributed by atoms with E-state index in [4.69, 9.17) is 5.73 Å². The lowest BCUT2D eigenvalue weighted by Crippen LogP contribution is -2.12. The average molecular weight is 268 g/mol. The van der Waals surface area contributed by atoms with Crippen LogP contribution in [0.4, 0.5) is 32.0 Å². The highest BCUT2D eigenvalue weighted by Crippen LogP contribution is 2.44. The second kappa shape index (κ2) is 3.63. The zero-order valence-corrected chi connectivity index (χ0v) is 8.65. The fourth-order valence-electron chi connectivity index (χ4n) is 1.72. The summed E-state index contributed by atoms with van der Waals surface area (Å²) < 4.78 is 75.4. The molecule has 2 nitrogen and oxygen atoms in total. The van der Waals surface area contributed by atoms with Crippen LogP contribution in [0.2, 0.25) is 0 Å². The van der Waals surface area contributed by atoms with Gasteiger partial charge in [0.2, 0.25) is 0 Å². The summed E-state index contributed by atoms with van der Waals surface area (Å²) in [6.07, 6.45) is -9.95. The lowest BCUT2D eigenvalue weighted by molar-refractivity contribution is -0.142. The normalized spacial score (nSPS) is 15.6. The van der Waals surface area contributed by atoms with E-state index in [1.54, 1.807) is 0 Å². The predicted octanol–water partition coefficient (Wildman–Crippen LogP) is 3.27. The van der Waals surface area contributed by atoms with Crippen molar-refractivity contribution in [1.29, 1.82) is 0 Å². The van der Waals surface area contributed by atoms with E-state index in [-0.39, 0.29) is 23.9 Å². The first-order valence-electron chi connectivity index (χ1n) is 4.73. The molecule has 0 bridgehead atoms. The van der Waals surface area contributed by atoms with Crippen LogP contribution in [-0.2, 0) is 18.8 Å². The number of nitrogens with zero attached hydrogens (tertiary/aromatic N) is 1. The Morgan fingerprint density at radius 1 is 1.00 bits per heavy atom. The van der Waals surface area contributed by atoms with Crippen molar-refractivity contribution in [1.82, 2.24) is 0 Å². The van der Waals surface area contributed by atoms with Crippen LogP contribution in [0.15, 0.2) is 17.1 Å². The average Bonchev–Trinajstić information content (AvgIpc) is 2.52.